The maximum Gasteiger partial charge on any atom is 0.242 e. The largest absolute Gasteiger partial charge is 0.325 e. The topological polar surface area (TPSA) is 61.8 Å². The van der Waals surface area contributed by atoms with Gasteiger partial charge in [0.1, 0.15) is 5.25 Å². The van der Waals surface area contributed by atoms with Gasteiger partial charge in [-0.3, -0.25) is 19.5 Å². The number of amides is 2. The molecule has 22 heavy (non-hydrogen) atoms. The van der Waals surface area contributed by atoms with Gasteiger partial charge < -0.3 is 5.32 Å². The van der Waals surface area contributed by atoms with Crippen molar-refractivity contribution in [3.05, 3.63) is 28.7 Å². The van der Waals surface area contributed by atoms with Gasteiger partial charge in [-0.1, -0.05) is 23.9 Å². The standard InChI is InChI=1S/C15H18BrN3O2S/c1-3-17-15-19(4-2)14(21)12(22-15)9-13(20)18-11-8-6-5-7-10(11)16/h5-8,12H,3-4,9H2,1-2H3,(H,18,20)/t12-/m0/s1. The lowest BCUT2D eigenvalue weighted by Crippen LogP contribution is -2.33. The lowest BCUT2D eigenvalue weighted by molar-refractivity contribution is -0.128. The number of halogens is 1. The van der Waals surface area contributed by atoms with Crippen LogP contribution in [0.4, 0.5) is 5.69 Å². The summed E-state index contributed by atoms with van der Waals surface area (Å²) in [7, 11) is 0. The number of anilines is 1. The SMILES string of the molecule is CCN=C1S[C@@H](CC(=O)Nc2ccccc2Br)C(=O)N1CC. The van der Waals surface area contributed by atoms with E-state index in [4.69, 9.17) is 0 Å². The van der Waals surface area contributed by atoms with Gasteiger partial charge in [-0.05, 0) is 41.9 Å². The Hall–Kier alpha value is -1.34. The average Bonchev–Trinajstić information content (AvgIpc) is 2.77. The maximum absolute atomic E-state index is 12.3. The number of nitrogens with zero attached hydrogens (tertiary/aromatic N) is 2. The monoisotopic (exact) mass is 383 g/mol. The molecular formula is C15H18BrN3O2S. The molecule has 1 fully saturated rings. The van der Waals surface area contributed by atoms with Crippen LogP contribution in [0.5, 0.6) is 0 Å². The van der Waals surface area contributed by atoms with Crippen molar-refractivity contribution in [2.24, 2.45) is 4.99 Å². The summed E-state index contributed by atoms with van der Waals surface area (Å²) in [5.74, 6) is -0.214. The first kappa shape index (κ1) is 17.0. The van der Waals surface area contributed by atoms with Crippen LogP contribution in [0.1, 0.15) is 20.3 Å². The van der Waals surface area contributed by atoms with E-state index < -0.39 is 5.25 Å². The second-order valence-corrected chi connectivity index (χ2v) is 6.70. The van der Waals surface area contributed by atoms with E-state index in [1.54, 1.807) is 4.90 Å². The molecule has 0 bridgehead atoms. The van der Waals surface area contributed by atoms with Gasteiger partial charge >= 0.3 is 0 Å². The van der Waals surface area contributed by atoms with Gasteiger partial charge in [0.15, 0.2) is 5.17 Å². The van der Waals surface area contributed by atoms with E-state index in [0.717, 1.165) is 4.47 Å². The number of nitrogens with one attached hydrogen (secondary N) is 1. The Bertz CT molecular complexity index is 606. The first-order valence-electron chi connectivity index (χ1n) is 7.13. The molecule has 1 saturated heterocycles. The summed E-state index contributed by atoms with van der Waals surface area (Å²) >= 11 is 4.76. The van der Waals surface area contributed by atoms with Gasteiger partial charge in [0.2, 0.25) is 11.8 Å². The van der Waals surface area contributed by atoms with Gasteiger partial charge in [0.05, 0.1) is 5.69 Å². The predicted octanol–water partition coefficient (Wildman–Crippen LogP) is 3.12. The van der Waals surface area contributed by atoms with Crippen LogP contribution in [0.25, 0.3) is 0 Å². The van der Waals surface area contributed by atoms with Crippen molar-refractivity contribution >= 4 is 50.4 Å². The number of benzene rings is 1. The molecule has 0 spiro atoms. The molecule has 1 heterocycles. The normalized spacial score (nSPS) is 19.8. The number of carbonyl (C=O) groups excluding carboxylic acids is 2. The fraction of sp³-hybridized carbons (Fsp3) is 0.400. The molecule has 5 nitrogen and oxygen atoms in total. The number of thioether (sulfide) groups is 1. The van der Waals surface area contributed by atoms with Gasteiger partial charge in [-0.15, -0.1) is 0 Å². The summed E-state index contributed by atoms with van der Waals surface area (Å²) in [6, 6.07) is 7.40. The highest BCUT2D eigenvalue weighted by atomic mass is 79.9. The predicted molar refractivity (Wildman–Crippen MR) is 94.1 cm³/mol. The second kappa shape index (κ2) is 7.78. The Balaban J connectivity index is 2.02. The van der Waals surface area contributed by atoms with Gasteiger partial charge in [0, 0.05) is 24.0 Å². The second-order valence-electron chi connectivity index (χ2n) is 4.68. The van der Waals surface area contributed by atoms with E-state index >= 15 is 0 Å². The molecule has 0 unspecified atom stereocenters. The summed E-state index contributed by atoms with van der Waals surface area (Å²) in [6.07, 6.45) is 0.143. The van der Waals surface area contributed by atoms with Crippen LogP contribution >= 0.6 is 27.7 Å². The molecule has 1 N–H and O–H groups in total. The summed E-state index contributed by atoms with van der Waals surface area (Å²) in [6.45, 7) is 5.04. The first-order valence-corrected chi connectivity index (χ1v) is 8.81. The number of aliphatic imine (C=N–C) groups is 1. The quantitative estimate of drug-likeness (QED) is 0.849. The highest BCUT2D eigenvalue weighted by molar-refractivity contribution is 9.10. The highest BCUT2D eigenvalue weighted by Gasteiger charge is 2.38. The van der Waals surface area contributed by atoms with E-state index in [1.165, 1.54) is 11.8 Å². The van der Waals surface area contributed by atoms with Crippen molar-refractivity contribution in [3.63, 3.8) is 0 Å². The van der Waals surface area contributed by atoms with Crippen molar-refractivity contribution in [3.8, 4) is 0 Å². The summed E-state index contributed by atoms with van der Waals surface area (Å²) in [5, 5.41) is 3.15. The van der Waals surface area contributed by atoms with E-state index in [2.05, 4.69) is 26.2 Å². The van der Waals surface area contributed by atoms with Crippen LogP contribution in [0.3, 0.4) is 0 Å². The Morgan fingerprint density at radius 2 is 2.14 bits per heavy atom. The summed E-state index contributed by atoms with van der Waals surface area (Å²) < 4.78 is 0.817. The molecule has 0 aromatic heterocycles. The fourth-order valence-corrected chi connectivity index (χ4v) is 3.77. The molecule has 1 atom stereocenters. The van der Waals surface area contributed by atoms with Crippen LogP contribution < -0.4 is 5.32 Å². The minimum atomic E-state index is -0.396. The molecule has 2 rings (SSSR count). The molecule has 7 heteroatoms. The number of carbonyl (C=O) groups is 2. The molecule has 1 aliphatic heterocycles. The lowest BCUT2D eigenvalue weighted by Gasteiger charge is -2.13. The van der Waals surface area contributed by atoms with Crippen molar-refractivity contribution < 1.29 is 9.59 Å². The zero-order chi connectivity index (χ0) is 16.1. The Morgan fingerprint density at radius 1 is 1.41 bits per heavy atom. The van der Waals surface area contributed by atoms with Crippen molar-refractivity contribution in [1.29, 1.82) is 0 Å². The maximum atomic E-state index is 12.3. The van der Waals surface area contributed by atoms with E-state index in [1.807, 2.05) is 38.1 Å². The molecule has 118 valence electrons. The Kier molecular flexibility index (Phi) is 6.02. The number of para-hydroxylation sites is 1. The van der Waals surface area contributed by atoms with E-state index in [-0.39, 0.29) is 18.2 Å². The third-order valence-electron chi connectivity index (χ3n) is 3.15. The molecular weight excluding hydrogens is 366 g/mol. The van der Waals surface area contributed by atoms with Gasteiger partial charge in [-0.25, -0.2) is 0 Å². The van der Waals surface area contributed by atoms with Crippen LogP contribution in [0.15, 0.2) is 33.7 Å². The molecule has 1 aromatic carbocycles. The Labute approximate surface area is 142 Å². The van der Waals surface area contributed by atoms with Gasteiger partial charge in [-0.2, -0.15) is 0 Å². The first-order chi connectivity index (χ1) is 10.6. The summed E-state index contributed by atoms with van der Waals surface area (Å²) in [5.41, 5.74) is 0.706. The van der Waals surface area contributed by atoms with Crippen molar-refractivity contribution in [2.45, 2.75) is 25.5 Å². The molecule has 1 aromatic rings. The number of rotatable bonds is 5. The number of hydrogen-bond acceptors (Lipinski definition) is 4. The zero-order valence-electron chi connectivity index (χ0n) is 12.5. The third kappa shape index (κ3) is 3.89. The molecule has 0 saturated carbocycles. The van der Waals surface area contributed by atoms with E-state index in [9.17, 15) is 9.59 Å². The van der Waals surface area contributed by atoms with E-state index in [0.29, 0.717) is 23.9 Å². The van der Waals surface area contributed by atoms with Crippen LogP contribution in [0.2, 0.25) is 0 Å². The van der Waals surface area contributed by atoms with Crippen LogP contribution in [-0.2, 0) is 9.59 Å². The zero-order valence-corrected chi connectivity index (χ0v) is 14.9. The Morgan fingerprint density at radius 3 is 2.77 bits per heavy atom. The molecule has 1 aliphatic rings. The average molecular weight is 384 g/mol. The molecule has 2 amide bonds. The minimum absolute atomic E-state index is 0.0398. The van der Waals surface area contributed by atoms with Gasteiger partial charge in [0.25, 0.3) is 0 Å². The smallest absolute Gasteiger partial charge is 0.242 e. The highest BCUT2D eigenvalue weighted by Crippen LogP contribution is 2.30. The van der Waals surface area contributed by atoms with Crippen molar-refractivity contribution in [2.75, 3.05) is 18.4 Å². The summed E-state index contributed by atoms with van der Waals surface area (Å²) in [4.78, 5) is 30.5. The fourth-order valence-electron chi connectivity index (χ4n) is 2.12. The third-order valence-corrected chi connectivity index (χ3v) is 5.05. The minimum Gasteiger partial charge on any atom is -0.325 e. The van der Waals surface area contributed by atoms with Crippen LogP contribution in [-0.4, -0.2) is 40.2 Å². The number of amidine groups is 1. The molecule has 0 radical (unpaired) electrons. The lowest BCUT2D eigenvalue weighted by atomic mass is 10.2. The number of hydrogen-bond donors (Lipinski definition) is 1. The van der Waals surface area contributed by atoms with Crippen molar-refractivity contribution in [1.82, 2.24) is 4.90 Å². The van der Waals surface area contributed by atoms with Crippen LogP contribution in [0, 0.1) is 0 Å². The molecule has 0 aliphatic carbocycles.